The normalized spacial score (nSPS) is 33.5. The van der Waals surface area contributed by atoms with Crippen LogP contribution in [0.3, 0.4) is 0 Å². The van der Waals surface area contributed by atoms with Crippen LogP contribution in [0.1, 0.15) is 12.6 Å². The van der Waals surface area contributed by atoms with Gasteiger partial charge in [-0.3, -0.25) is 14.3 Å². The van der Waals surface area contributed by atoms with E-state index in [2.05, 4.69) is 4.98 Å². The molecular formula is C9H10N2O4. The molecule has 1 aromatic heterocycles. The first-order valence-corrected chi connectivity index (χ1v) is 4.82. The van der Waals surface area contributed by atoms with Crippen LogP contribution in [-0.4, -0.2) is 28.4 Å². The molecule has 3 atom stereocenters. The van der Waals surface area contributed by atoms with Crippen LogP contribution in [0, 0.1) is 0 Å². The number of ether oxygens (including phenoxy) is 2. The number of hydrogen-bond donors (Lipinski definition) is 1. The Bertz CT molecular complexity index is 491. The van der Waals surface area contributed by atoms with Crippen LogP contribution >= 0.6 is 0 Å². The number of rotatable bonds is 1. The van der Waals surface area contributed by atoms with Gasteiger partial charge in [0, 0.05) is 18.7 Å². The number of aromatic amines is 1. The summed E-state index contributed by atoms with van der Waals surface area (Å²) in [7, 11) is 0. The topological polar surface area (TPSA) is 73.3 Å². The Hall–Kier alpha value is -1.40. The highest BCUT2D eigenvalue weighted by molar-refractivity contribution is 4.92. The molecule has 15 heavy (non-hydrogen) atoms. The molecule has 3 unspecified atom stereocenters. The second kappa shape index (κ2) is 3.04. The van der Waals surface area contributed by atoms with Gasteiger partial charge >= 0.3 is 5.69 Å². The smallest absolute Gasteiger partial charge is 0.330 e. The molecule has 2 saturated heterocycles. The monoisotopic (exact) mass is 210 g/mol. The minimum atomic E-state index is -0.455. The molecule has 2 fully saturated rings. The third kappa shape index (κ3) is 1.33. The molecule has 3 heterocycles. The molecule has 2 aliphatic heterocycles. The van der Waals surface area contributed by atoms with Gasteiger partial charge in [0.05, 0.1) is 12.7 Å². The SMILES string of the molecule is O=c1ccn(C2OC3COC2C3)c(=O)[nH]1. The molecule has 80 valence electrons. The number of aromatic nitrogens is 2. The number of nitrogens with one attached hydrogen (secondary N) is 1. The highest BCUT2D eigenvalue weighted by Crippen LogP contribution is 2.35. The van der Waals surface area contributed by atoms with Crippen molar-refractivity contribution in [2.24, 2.45) is 0 Å². The molecule has 6 nitrogen and oxygen atoms in total. The van der Waals surface area contributed by atoms with E-state index >= 15 is 0 Å². The Kier molecular flexibility index (Phi) is 1.80. The Labute approximate surface area is 84.4 Å². The van der Waals surface area contributed by atoms with Crippen LogP contribution in [0.2, 0.25) is 0 Å². The zero-order valence-corrected chi connectivity index (χ0v) is 7.88. The Balaban J connectivity index is 2.00. The van der Waals surface area contributed by atoms with E-state index in [-0.39, 0.29) is 12.2 Å². The van der Waals surface area contributed by atoms with E-state index in [1.54, 1.807) is 0 Å². The van der Waals surface area contributed by atoms with Crippen molar-refractivity contribution in [2.45, 2.75) is 24.9 Å². The zero-order chi connectivity index (χ0) is 10.4. The molecule has 2 bridgehead atoms. The molecule has 0 aromatic carbocycles. The summed E-state index contributed by atoms with van der Waals surface area (Å²) in [6.45, 7) is 0.596. The van der Waals surface area contributed by atoms with Gasteiger partial charge in [-0.25, -0.2) is 4.79 Å². The number of hydrogen-bond acceptors (Lipinski definition) is 4. The van der Waals surface area contributed by atoms with Crippen LogP contribution in [0.4, 0.5) is 0 Å². The fourth-order valence-electron chi connectivity index (χ4n) is 2.08. The standard InChI is InChI=1S/C9H10N2O4/c12-7-1-2-11(9(13)10-7)8-6-3-5(15-8)4-14-6/h1-2,5-6,8H,3-4H2,(H,10,12,13). The van der Waals surface area contributed by atoms with Crippen molar-refractivity contribution in [3.63, 3.8) is 0 Å². The summed E-state index contributed by atoms with van der Waals surface area (Å²) in [5.41, 5.74) is -0.857. The summed E-state index contributed by atoms with van der Waals surface area (Å²) >= 11 is 0. The lowest BCUT2D eigenvalue weighted by Crippen LogP contribution is -2.37. The average molecular weight is 210 g/mol. The highest BCUT2D eigenvalue weighted by atomic mass is 16.6. The molecule has 1 N–H and O–H groups in total. The molecule has 6 heteroatoms. The van der Waals surface area contributed by atoms with E-state index in [4.69, 9.17) is 9.47 Å². The molecule has 0 amide bonds. The predicted octanol–water partition coefficient (Wildman–Crippen LogP) is -0.777. The lowest BCUT2D eigenvalue weighted by molar-refractivity contribution is -0.128. The highest BCUT2D eigenvalue weighted by Gasteiger charge is 2.43. The van der Waals surface area contributed by atoms with Gasteiger partial charge in [-0.2, -0.15) is 0 Å². The first-order valence-electron chi connectivity index (χ1n) is 4.82. The second-order valence-electron chi connectivity index (χ2n) is 3.77. The van der Waals surface area contributed by atoms with E-state index < -0.39 is 17.5 Å². The molecule has 2 aliphatic rings. The van der Waals surface area contributed by atoms with Gasteiger partial charge in [-0.05, 0) is 0 Å². The maximum Gasteiger partial charge on any atom is 0.330 e. The van der Waals surface area contributed by atoms with Crippen molar-refractivity contribution in [3.05, 3.63) is 33.1 Å². The Morgan fingerprint density at radius 3 is 2.93 bits per heavy atom. The predicted molar refractivity (Wildman–Crippen MR) is 49.6 cm³/mol. The maximum atomic E-state index is 11.5. The largest absolute Gasteiger partial charge is 0.371 e. The van der Waals surface area contributed by atoms with Gasteiger partial charge in [0.2, 0.25) is 0 Å². The average Bonchev–Trinajstić information content (AvgIpc) is 2.78. The van der Waals surface area contributed by atoms with E-state index in [1.807, 2.05) is 0 Å². The van der Waals surface area contributed by atoms with Crippen molar-refractivity contribution < 1.29 is 9.47 Å². The van der Waals surface area contributed by atoms with Gasteiger partial charge in [0.15, 0.2) is 6.23 Å². The van der Waals surface area contributed by atoms with Crippen molar-refractivity contribution in [3.8, 4) is 0 Å². The molecule has 1 aromatic rings. The summed E-state index contributed by atoms with van der Waals surface area (Å²) in [5, 5.41) is 0. The third-order valence-electron chi connectivity index (χ3n) is 2.77. The number of fused-ring (bicyclic) bond motifs is 2. The van der Waals surface area contributed by atoms with E-state index in [1.165, 1.54) is 16.8 Å². The van der Waals surface area contributed by atoms with Crippen LogP contribution in [0.15, 0.2) is 21.9 Å². The molecule has 0 spiro atoms. The van der Waals surface area contributed by atoms with Crippen molar-refractivity contribution in [1.29, 1.82) is 0 Å². The Morgan fingerprint density at radius 2 is 2.33 bits per heavy atom. The zero-order valence-electron chi connectivity index (χ0n) is 7.88. The van der Waals surface area contributed by atoms with Crippen molar-refractivity contribution in [2.75, 3.05) is 6.61 Å². The molecular weight excluding hydrogens is 200 g/mol. The van der Waals surface area contributed by atoms with E-state index in [0.717, 1.165) is 6.42 Å². The minimum absolute atomic E-state index is 0.0707. The van der Waals surface area contributed by atoms with Crippen LogP contribution in [0.5, 0.6) is 0 Å². The van der Waals surface area contributed by atoms with Gasteiger partial charge < -0.3 is 9.47 Å². The van der Waals surface area contributed by atoms with Crippen LogP contribution < -0.4 is 11.2 Å². The van der Waals surface area contributed by atoms with E-state index in [0.29, 0.717) is 6.61 Å². The van der Waals surface area contributed by atoms with Gasteiger partial charge in [-0.1, -0.05) is 0 Å². The first kappa shape index (κ1) is 8.87. The maximum absolute atomic E-state index is 11.5. The number of nitrogens with zero attached hydrogens (tertiary/aromatic N) is 1. The Morgan fingerprint density at radius 1 is 1.47 bits per heavy atom. The van der Waals surface area contributed by atoms with E-state index in [9.17, 15) is 9.59 Å². The minimum Gasteiger partial charge on any atom is -0.371 e. The van der Waals surface area contributed by atoms with Crippen LogP contribution in [0.25, 0.3) is 0 Å². The first-order chi connectivity index (χ1) is 7.24. The lowest BCUT2D eigenvalue weighted by atomic mass is 10.2. The fraction of sp³-hybridized carbons (Fsp3) is 0.556. The van der Waals surface area contributed by atoms with Gasteiger partial charge in [0.1, 0.15) is 6.10 Å². The lowest BCUT2D eigenvalue weighted by Gasteiger charge is -2.23. The molecule has 0 saturated carbocycles. The number of H-pyrrole nitrogens is 1. The van der Waals surface area contributed by atoms with Crippen molar-refractivity contribution >= 4 is 0 Å². The third-order valence-corrected chi connectivity index (χ3v) is 2.77. The molecule has 0 aliphatic carbocycles. The second-order valence-corrected chi connectivity index (χ2v) is 3.77. The quantitative estimate of drug-likeness (QED) is 0.660. The summed E-state index contributed by atoms with van der Waals surface area (Å²) in [6, 6.07) is 1.30. The van der Waals surface area contributed by atoms with Gasteiger partial charge in [0.25, 0.3) is 5.56 Å². The fourth-order valence-corrected chi connectivity index (χ4v) is 2.08. The van der Waals surface area contributed by atoms with Gasteiger partial charge in [-0.15, -0.1) is 0 Å². The summed E-state index contributed by atoms with van der Waals surface area (Å²) in [4.78, 5) is 24.5. The summed E-state index contributed by atoms with van der Waals surface area (Å²) < 4.78 is 12.4. The van der Waals surface area contributed by atoms with Crippen molar-refractivity contribution in [1.82, 2.24) is 9.55 Å². The molecule has 0 radical (unpaired) electrons. The molecule has 3 rings (SSSR count). The summed E-state index contributed by atoms with van der Waals surface area (Å²) in [6.07, 6.45) is 1.87. The summed E-state index contributed by atoms with van der Waals surface area (Å²) in [5.74, 6) is 0. The van der Waals surface area contributed by atoms with Crippen LogP contribution in [-0.2, 0) is 9.47 Å².